The SMILES string of the molecule is Cc1ccccc1CO/N=C(\N)c1cccc(Cl)c1. The van der Waals surface area contributed by atoms with Gasteiger partial charge in [0.25, 0.3) is 0 Å². The second-order valence-electron chi connectivity index (χ2n) is 4.19. The van der Waals surface area contributed by atoms with Crippen molar-refractivity contribution in [1.82, 2.24) is 0 Å². The summed E-state index contributed by atoms with van der Waals surface area (Å²) in [5.74, 6) is 0.316. The van der Waals surface area contributed by atoms with Crippen LogP contribution in [0.5, 0.6) is 0 Å². The Morgan fingerprint density at radius 1 is 1.21 bits per heavy atom. The molecule has 3 nitrogen and oxygen atoms in total. The topological polar surface area (TPSA) is 47.6 Å². The molecule has 0 unspecified atom stereocenters. The minimum absolute atomic E-state index is 0.316. The molecule has 0 radical (unpaired) electrons. The van der Waals surface area contributed by atoms with Gasteiger partial charge in [0.15, 0.2) is 5.84 Å². The lowest BCUT2D eigenvalue weighted by molar-refractivity contribution is 0.130. The Kier molecular flexibility index (Phi) is 4.42. The third kappa shape index (κ3) is 3.73. The molecule has 4 heteroatoms. The molecule has 0 heterocycles. The lowest BCUT2D eigenvalue weighted by Gasteiger charge is -2.05. The highest BCUT2D eigenvalue weighted by Crippen LogP contribution is 2.11. The van der Waals surface area contributed by atoms with Crippen LogP contribution in [-0.2, 0) is 11.4 Å². The van der Waals surface area contributed by atoms with Crippen LogP contribution in [0, 0.1) is 6.92 Å². The van der Waals surface area contributed by atoms with E-state index in [0.717, 1.165) is 11.1 Å². The highest BCUT2D eigenvalue weighted by molar-refractivity contribution is 6.31. The summed E-state index contributed by atoms with van der Waals surface area (Å²) in [4.78, 5) is 5.28. The van der Waals surface area contributed by atoms with Crippen LogP contribution in [0.2, 0.25) is 5.02 Å². The molecule has 2 aromatic carbocycles. The average Bonchev–Trinajstić information content (AvgIpc) is 2.41. The molecule has 2 aromatic rings. The van der Waals surface area contributed by atoms with Gasteiger partial charge in [-0.15, -0.1) is 0 Å². The van der Waals surface area contributed by atoms with Crippen molar-refractivity contribution >= 4 is 17.4 Å². The number of oxime groups is 1. The highest BCUT2D eigenvalue weighted by atomic mass is 35.5. The Labute approximate surface area is 117 Å². The van der Waals surface area contributed by atoms with E-state index in [-0.39, 0.29) is 0 Å². The van der Waals surface area contributed by atoms with Gasteiger partial charge < -0.3 is 10.6 Å². The van der Waals surface area contributed by atoms with Crippen molar-refractivity contribution in [3.63, 3.8) is 0 Å². The van der Waals surface area contributed by atoms with Crippen molar-refractivity contribution < 1.29 is 4.84 Å². The zero-order valence-corrected chi connectivity index (χ0v) is 11.4. The molecule has 0 saturated carbocycles. The summed E-state index contributed by atoms with van der Waals surface area (Å²) in [7, 11) is 0. The molecule has 0 spiro atoms. The van der Waals surface area contributed by atoms with Crippen LogP contribution >= 0.6 is 11.6 Å². The summed E-state index contributed by atoms with van der Waals surface area (Å²) in [6.07, 6.45) is 0. The first-order chi connectivity index (χ1) is 9.16. The number of halogens is 1. The fraction of sp³-hybridized carbons (Fsp3) is 0.133. The molecule has 0 amide bonds. The summed E-state index contributed by atoms with van der Waals surface area (Å²) in [5.41, 5.74) is 8.83. The van der Waals surface area contributed by atoms with Crippen LogP contribution in [0.15, 0.2) is 53.7 Å². The molecule has 0 saturated heterocycles. The van der Waals surface area contributed by atoms with E-state index < -0.39 is 0 Å². The average molecular weight is 275 g/mol. The van der Waals surface area contributed by atoms with Crippen molar-refractivity contribution in [2.75, 3.05) is 0 Å². The van der Waals surface area contributed by atoms with Gasteiger partial charge in [-0.1, -0.05) is 53.2 Å². The Balaban J connectivity index is 2.01. The lowest BCUT2D eigenvalue weighted by Crippen LogP contribution is -2.13. The Morgan fingerprint density at radius 2 is 2.00 bits per heavy atom. The van der Waals surface area contributed by atoms with Gasteiger partial charge in [-0.2, -0.15) is 0 Å². The molecule has 0 aliphatic heterocycles. The molecule has 0 bridgehead atoms. The van der Waals surface area contributed by atoms with Gasteiger partial charge in [-0.3, -0.25) is 0 Å². The van der Waals surface area contributed by atoms with E-state index in [2.05, 4.69) is 5.16 Å². The zero-order chi connectivity index (χ0) is 13.7. The van der Waals surface area contributed by atoms with Crippen LogP contribution < -0.4 is 5.73 Å². The molecule has 98 valence electrons. The van der Waals surface area contributed by atoms with Crippen molar-refractivity contribution in [3.05, 3.63) is 70.2 Å². The van der Waals surface area contributed by atoms with E-state index >= 15 is 0 Å². The number of nitrogens with zero attached hydrogens (tertiary/aromatic N) is 1. The Morgan fingerprint density at radius 3 is 2.74 bits per heavy atom. The maximum Gasteiger partial charge on any atom is 0.170 e. The summed E-state index contributed by atoms with van der Waals surface area (Å²) in [6.45, 7) is 2.43. The molecule has 0 atom stereocenters. The van der Waals surface area contributed by atoms with E-state index in [1.54, 1.807) is 12.1 Å². The maximum absolute atomic E-state index is 5.89. The number of hydrogen-bond acceptors (Lipinski definition) is 2. The van der Waals surface area contributed by atoms with Gasteiger partial charge in [0.2, 0.25) is 0 Å². The smallest absolute Gasteiger partial charge is 0.170 e. The van der Waals surface area contributed by atoms with Crippen molar-refractivity contribution in [3.8, 4) is 0 Å². The van der Waals surface area contributed by atoms with Crippen molar-refractivity contribution in [2.45, 2.75) is 13.5 Å². The highest BCUT2D eigenvalue weighted by Gasteiger charge is 2.01. The third-order valence-corrected chi connectivity index (χ3v) is 3.00. The largest absolute Gasteiger partial charge is 0.389 e. The molecular weight excluding hydrogens is 260 g/mol. The maximum atomic E-state index is 5.89. The van der Waals surface area contributed by atoms with E-state index in [1.807, 2.05) is 43.3 Å². The van der Waals surface area contributed by atoms with Crippen molar-refractivity contribution in [2.24, 2.45) is 10.9 Å². The number of amidine groups is 1. The van der Waals surface area contributed by atoms with Crippen LogP contribution in [-0.4, -0.2) is 5.84 Å². The molecule has 2 N–H and O–H groups in total. The summed E-state index contributed by atoms with van der Waals surface area (Å²) in [6, 6.07) is 15.2. The van der Waals surface area contributed by atoms with Gasteiger partial charge in [-0.05, 0) is 30.2 Å². The summed E-state index contributed by atoms with van der Waals surface area (Å²) in [5, 5.41) is 4.53. The summed E-state index contributed by atoms with van der Waals surface area (Å²) < 4.78 is 0. The first-order valence-electron chi connectivity index (χ1n) is 5.92. The van der Waals surface area contributed by atoms with Gasteiger partial charge in [0, 0.05) is 10.6 Å². The second kappa shape index (κ2) is 6.25. The third-order valence-electron chi connectivity index (χ3n) is 2.76. The Hall–Kier alpha value is -2.00. The van der Waals surface area contributed by atoms with Crippen LogP contribution in [0.3, 0.4) is 0 Å². The van der Waals surface area contributed by atoms with Gasteiger partial charge in [0.1, 0.15) is 6.61 Å². The van der Waals surface area contributed by atoms with Crippen LogP contribution in [0.25, 0.3) is 0 Å². The number of rotatable bonds is 4. The lowest BCUT2D eigenvalue weighted by atomic mass is 10.1. The van der Waals surface area contributed by atoms with Crippen LogP contribution in [0.4, 0.5) is 0 Å². The molecule has 0 aliphatic rings. The Bertz CT molecular complexity index is 596. The van der Waals surface area contributed by atoms with E-state index in [9.17, 15) is 0 Å². The number of hydrogen-bond donors (Lipinski definition) is 1. The predicted molar refractivity (Wildman–Crippen MR) is 78.1 cm³/mol. The number of aryl methyl sites for hydroxylation is 1. The second-order valence-corrected chi connectivity index (χ2v) is 4.62. The fourth-order valence-electron chi connectivity index (χ4n) is 1.64. The molecule has 2 rings (SSSR count). The quantitative estimate of drug-likeness (QED) is 0.527. The number of nitrogens with two attached hydrogens (primary N) is 1. The van der Waals surface area contributed by atoms with Gasteiger partial charge in [0.05, 0.1) is 0 Å². The molecule has 0 aromatic heterocycles. The van der Waals surface area contributed by atoms with Crippen LogP contribution in [0.1, 0.15) is 16.7 Å². The molecule has 19 heavy (non-hydrogen) atoms. The van der Waals surface area contributed by atoms with E-state index in [4.69, 9.17) is 22.2 Å². The first-order valence-corrected chi connectivity index (χ1v) is 6.30. The summed E-state index contributed by atoms with van der Waals surface area (Å²) >= 11 is 5.89. The van der Waals surface area contributed by atoms with Crippen molar-refractivity contribution in [1.29, 1.82) is 0 Å². The van der Waals surface area contributed by atoms with E-state index in [1.165, 1.54) is 5.56 Å². The standard InChI is InChI=1S/C15H15ClN2O/c1-11-5-2-3-6-13(11)10-19-18-15(17)12-7-4-8-14(16)9-12/h2-9H,10H2,1H3,(H2,17,18). The predicted octanol–water partition coefficient (Wildman–Crippen LogP) is 3.49. The van der Waals surface area contributed by atoms with Gasteiger partial charge >= 0.3 is 0 Å². The fourth-order valence-corrected chi connectivity index (χ4v) is 1.83. The monoisotopic (exact) mass is 274 g/mol. The molecule has 0 aliphatic carbocycles. The first kappa shape index (κ1) is 13.4. The normalized spacial score (nSPS) is 11.4. The minimum Gasteiger partial charge on any atom is -0.389 e. The van der Waals surface area contributed by atoms with Gasteiger partial charge in [-0.25, -0.2) is 0 Å². The minimum atomic E-state index is 0.316. The molecular formula is C15H15ClN2O. The zero-order valence-electron chi connectivity index (χ0n) is 10.6. The number of benzene rings is 2. The molecule has 0 fully saturated rings. The van der Waals surface area contributed by atoms with E-state index in [0.29, 0.717) is 17.5 Å².